The summed E-state index contributed by atoms with van der Waals surface area (Å²) in [5.74, 6) is 0.561. The first kappa shape index (κ1) is 28.4. The maximum atomic E-state index is 12.6. The number of benzene rings is 1. The maximum absolute atomic E-state index is 12.6. The molecule has 0 spiro atoms. The lowest BCUT2D eigenvalue weighted by Gasteiger charge is -2.43. The van der Waals surface area contributed by atoms with Crippen molar-refractivity contribution in [2.45, 2.75) is 57.2 Å². The maximum Gasteiger partial charge on any atom is 0.246 e. The second-order valence-electron chi connectivity index (χ2n) is 12.2. The molecule has 0 aliphatic carbocycles. The van der Waals surface area contributed by atoms with Gasteiger partial charge in [-0.2, -0.15) is 5.26 Å². The first-order valence-electron chi connectivity index (χ1n) is 15.5. The van der Waals surface area contributed by atoms with Crippen LogP contribution < -0.4 is 19.4 Å². The average Bonchev–Trinajstić information content (AvgIpc) is 3.43. The number of fused-ring (bicyclic) bond motifs is 2. The molecule has 4 aliphatic rings. The summed E-state index contributed by atoms with van der Waals surface area (Å²) < 4.78 is 6.42. The topological polar surface area (TPSA) is 79.2 Å². The SMILES string of the molecule is C=CC(=O)N1CCN(c2cc(OC[C@@H]3CCCN3C)nc3c2CCN(c2cccc4c2CCCN4C)C3)C[C@@H]1CC#N. The van der Waals surface area contributed by atoms with Crippen molar-refractivity contribution in [2.75, 3.05) is 74.7 Å². The van der Waals surface area contributed by atoms with E-state index < -0.39 is 0 Å². The van der Waals surface area contributed by atoms with Crippen LogP contribution in [0.1, 0.15) is 42.5 Å². The van der Waals surface area contributed by atoms with Crippen molar-refractivity contribution < 1.29 is 9.53 Å². The van der Waals surface area contributed by atoms with E-state index in [0.717, 1.165) is 56.8 Å². The summed E-state index contributed by atoms with van der Waals surface area (Å²) in [4.78, 5) is 29.0. The van der Waals surface area contributed by atoms with Crippen molar-refractivity contribution in [1.29, 1.82) is 5.26 Å². The van der Waals surface area contributed by atoms with Crippen molar-refractivity contribution in [2.24, 2.45) is 0 Å². The van der Waals surface area contributed by atoms with Gasteiger partial charge in [-0.15, -0.1) is 0 Å². The number of piperazine rings is 1. The molecule has 0 N–H and O–H groups in total. The molecule has 6 rings (SSSR count). The van der Waals surface area contributed by atoms with Crippen LogP contribution in [0.3, 0.4) is 0 Å². The fourth-order valence-electron chi connectivity index (χ4n) is 7.28. The number of anilines is 3. The number of likely N-dealkylation sites (N-methyl/N-ethyl adjacent to an activating group) is 1. The Morgan fingerprint density at radius 1 is 1.05 bits per heavy atom. The molecule has 1 aromatic carbocycles. The van der Waals surface area contributed by atoms with Crippen LogP contribution in [-0.4, -0.2) is 92.7 Å². The summed E-state index contributed by atoms with van der Waals surface area (Å²) in [6, 6.07) is 11.3. The lowest BCUT2D eigenvalue weighted by Crippen LogP contribution is -2.55. The van der Waals surface area contributed by atoms with E-state index in [9.17, 15) is 10.1 Å². The largest absolute Gasteiger partial charge is 0.476 e. The van der Waals surface area contributed by atoms with Gasteiger partial charge in [0.2, 0.25) is 11.8 Å². The van der Waals surface area contributed by atoms with E-state index in [2.05, 4.69) is 70.6 Å². The number of nitrogens with zero attached hydrogens (tertiary/aromatic N) is 7. The highest BCUT2D eigenvalue weighted by atomic mass is 16.5. The number of pyridine rings is 1. The number of hydrogen-bond acceptors (Lipinski definition) is 8. The third kappa shape index (κ3) is 5.52. The molecule has 42 heavy (non-hydrogen) atoms. The van der Waals surface area contributed by atoms with E-state index in [4.69, 9.17) is 9.72 Å². The Kier molecular flexibility index (Phi) is 8.25. The number of rotatable bonds is 7. The van der Waals surface area contributed by atoms with Crippen molar-refractivity contribution in [3.05, 3.63) is 53.7 Å². The van der Waals surface area contributed by atoms with Crippen LogP contribution in [0.15, 0.2) is 36.9 Å². The molecule has 5 heterocycles. The van der Waals surface area contributed by atoms with Crippen LogP contribution in [0, 0.1) is 11.3 Å². The summed E-state index contributed by atoms with van der Waals surface area (Å²) in [7, 11) is 4.36. The fraction of sp³-hybridized carbons (Fsp3) is 0.545. The van der Waals surface area contributed by atoms with E-state index in [1.807, 2.05) is 0 Å². The Labute approximate surface area is 249 Å². The van der Waals surface area contributed by atoms with Crippen molar-refractivity contribution >= 4 is 23.0 Å². The van der Waals surface area contributed by atoms with Gasteiger partial charge in [0.1, 0.15) is 6.61 Å². The van der Waals surface area contributed by atoms with Crippen LogP contribution >= 0.6 is 0 Å². The molecule has 9 nitrogen and oxygen atoms in total. The molecule has 1 aromatic heterocycles. The Balaban J connectivity index is 1.31. The molecule has 2 aromatic rings. The zero-order valence-corrected chi connectivity index (χ0v) is 25.1. The van der Waals surface area contributed by atoms with Crippen molar-refractivity contribution in [3.63, 3.8) is 0 Å². The first-order chi connectivity index (χ1) is 20.5. The molecule has 1 amide bonds. The second-order valence-corrected chi connectivity index (χ2v) is 12.2. The molecule has 0 bridgehead atoms. The molecule has 0 saturated carbocycles. The van der Waals surface area contributed by atoms with Gasteiger partial charge in [-0.25, -0.2) is 4.98 Å². The number of aromatic nitrogens is 1. The lowest BCUT2D eigenvalue weighted by atomic mass is 9.96. The van der Waals surface area contributed by atoms with Crippen LogP contribution in [0.25, 0.3) is 0 Å². The Morgan fingerprint density at radius 3 is 2.69 bits per heavy atom. The number of hydrogen-bond donors (Lipinski definition) is 0. The minimum Gasteiger partial charge on any atom is -0.476 e. The van der Waals surface area contributed by atoms with Crippen LogP contribution in [0.2, 0.25) is 0 Å². The monoisotopic (exact) mass is 569 g/mol. The summed E-state index contributed by atoms with van der Waals surface area (Å²) in [6.07, 6.45) is 7.15. The highest BCUT2D eigenvalue weighted by molar-refractivity contribution is 5.87. The smallest absolute Gasteiger partial charge is 0.246 e. The minimum atomic E-state index is -0.178. The number of ether oxygens (including phenoxy) is 1. The molecule has 9 heteroatoms. The zero-order chi connectivity index (χ0) is 29.2. The predicted octanol–water partition coefficient (Wildman–Crippen LogP) is 3.62. The van der Waals surface area contributed by atoms with Gasteiger partial charge < -0.3 is 29.2 Å². The summed E-state index contributed by atoms with van der Waals surface area (Å²) >= 11 is 0. The molecule has 4 aliphatic heterocycles. The van der Waals surface area contributed by atoms with Gasteiger partial charge >= 0.3 is 0 Å². The molecule has 222 valence electrons. The third-order valence-corrected chi connectivity index (χ3v) is 9.64. The summed E-state index contributed by atoms with van der Waals surface area (Å²) in [5.41, 5.74) is 7.56. The molecule has 0 radical (unpaired) electrons. The van der Waals surface area contributed by atoms with Crippen LogP contribution in [0.4, 0.5) is 17.1 Å². The molecule has 2 atom stereocenters. The average molecular weight is 570 g/mol. The van der Waals surface area contributed by atoms with Crippen LogP contribution in [-0.2, 0) is 24.2 Å². The van der Waals surface area contributed by atoms with E-state index in [-0.39, 0.29) is 11.9 Å². The Morgan fingerprint density at radius 2 is 1.90 bits per heavy atom. The zero-order valence-electron chi connectivity index (χ0n) is 25.1. The third-order valence-electron chi connectivity index (χ3n) is 9.64. The van der Waals surface area contributed by atoms with Crippen LogP contribution in [0.5, 0.6) is 5.88 Å². The second kappa shape index (κ2) is 12.2. The quantitative estimate of drug-likeness (QED) is 0.468. The fourth-order valence-corrected chi connectivity index (χ4v) is 7.28. The number of likely N-dealkylation sites (tertiary alicyclic amines) is 1. The molecule has 2 fully saturated rings. The standard InChI is InChI=1S/C33H43N7O2/c1-4-33(41)40-19-18-39(21-24(40)12-14-34)31-20-32(42-23-25-8-6-15-36(25)2)35-28-22-38(17-13-26(28)31)30-11-5-10-29-27(30)9-7-16-37(29)3/h4-5,10-11,20,24-25H,1,6-9,12-13,15-19,21-23H2,2-3H3/t24-,25-/m0/s1. The Hall–Kier alpha value is -3.77. The number of carbonyl (C=O) groups excluding carboxylic acids is 1. The van der Waals surface area contributed by atoms with Gasteiger partial charge in [-0.05, 0) is 69.5 Å². The summed E-state index contributed by atoms with van der Waals surface area (Å²) in [6.45, 7) is 10.0. The Bertz CT molecular complexity index is 1370. The summed E-state index contributed by atoms with van der Waals surface area (Å²) in [5, 5.41) is 9.54. The number of amides is 1. The first-order valence-corrected chi connectivity index (χ1v) is 15.5. The van der Waals surface area contributed by atoms with Gasteiger partial charge in [0.05, 0.1) is 30.8 Å². The highest BCUT2D eigenvalue weighted by Gasteiger charge is 2.33. The molecule has 2 saturated heterocycles. The van der Waals surface area contributed by atoms with Gasteiger partial charge in [-0.3, -0.25) is 4.79 Å². The van der Waals surface area contributed by atoms with Crippen molar-refractivity contribution in [1.82, 2.24) is 14.8 Å². The minimum absolute atomic E-state index is 0.108. The molecule has 0 unspecified atom stereocenters. The van der Waals surface area contributed by atoms with Crippen molar-refractivity contribution in [3.8, 4) is 11.9 Å². The molecular formula is C33H43N7O2. The lowest BCUT2D eigenvalue weighted by molar-refractivity contribution is -0.128. The van der Waals surface area contributed by atoms with Gasteiger partial charge in [0.25, 0.3) is 0 Å². The number of carbonyl (C=O) groups is 1. The normalized spacial score (nSPS) is 22.4. The predicted molar refractivity (Wildman–Crippen MR) is 166 cm³/mol. The van der Waals surface area contributed by atoms with E-state index in [1.54, 1.807) is 4.90 Å². The molecular weight excluding hydrogens is 526 g/mol. The van der Waals surface area contributed by atoms with E-state index >= 15 is 0 Å². The van der Waals surface area contributed by atoms with E-state index in [1.165, 1.54) is 41.4 Å². The number of nitriles is 1. The highest BCUT2D eigenvalue weighted by Crippen LogP contribution is 2.39. The van der Waals surface area contributed by atoms with Gasteiger partial charge in [0.15, 0.2) is 0 Å². The van der Waals surface area contributed by atoms with E-state index in [0.29, 0.717) is 44.6 Å². The van der Waals surface area contributed by atoms with Gasteiger partial charge in [0, 0.05) is 74.5 Å². The van der Waals surface area contributed by atoms with Gasteiger partial charge in [-0.1, -0.05) is 12.6 Å².